The van der Waals surface area contributed by atoms with Crippen LogP contribution in [0.15, 0.2) is 21.2 Å². The second-order valence-electron chi connectivity index (χ2n) is 3.15. The minimum Gasteiger partial charge on any atom is -0.477 e. The van der Waals surface area contributed by atoms with Gasteiger partial charge in [-0.2, -0.15) is 0 Å². The molecule has 0 aliphatic carbocycles. The van der Waals surface area contributed by atoms with Crippen molar-refractivity contribution in [1.82, 2.24) is 4.98 Å². The van der Waals surface area contributed by atoms with E-state index in [4.69, 9.17) is 4.74 Å². The van der Waals surface area contributed by atoms with E-state index < -0.39 is 0 Å². The Morgan fingerprint density at radius 2 is 2.15 bits per heavy atom. The first-order valence-corrected chi connectivity index (χ1v) is 5.62. The molecular formula is C9H11Br2NO. The van der Waals surface area contributed by atoms with E-state index in [2.05, 4.69) is 50.7 Å². The summed E-state index contributed by atoms with van der Waals surface area (Å²) < 4.78 is 7.29. The molecule has 0 amide bonds. The number of hydrogen-bond donors (Lipinski definition) is 0. The van der Waals surface area contributed by atoms with Gasteiger partial charge in [-0.25, -0.2) is 4.98 Å². The highest BCUT2D eigenvalue weighted by Gasteiger charge is 2.03. The van der Waals surface area contributed by atoms with Crippen LogP contribution in [0.5, 0.6) is 5.88 Å². The first-order valence-electron chi connectivity index (χ1n) is 4.03. The molecule has 0 saturated carbocycles. The maximum Gasteiger partial charge on any atom is 0.228 e. The zero-order valence-electron chi connectivity index (χ0n) is 7.55. The molecular weight excluding hydrogens is 298 g/mol. The molecule has 0 unspecified atom stereocenters. The maximum absolute atomic E-state index is 5.47. The molecule has 1 aromatic rings. The lowest BCUT2D eigenvalue weighted by Crippen LogP contribution is -2.05. The molecule has 0 saturated heterocycles. The quantitative estimate of drug-likeness (QED) is 0.850. The van der Waals surface area contributed by atoms with E-state index in [1.165, 1.54) is 0 Å². The van der Waals surface area contributed by atoms with E-state index in [9.17, 15) is 0 Å². The summed E-state index contributed by atoms with van der Waals surface area (Å²) in [6.45, 7) is 4.90. The molecule has 1 heterocycles. The highest BCUT2D eigenvalue weighted by atomic mass is 79.9. The minimum absolute atomic E-state index is 0.511. The highest BCUT2D eigenvalue weighted by molar-refractivity contribution is 9.11. The predicted molar refractivity (Wildman–Crippen MR) is 60.0 cm³/mol. The van der Waals surface area contributed by atoms with Crippen molar-refractivity contribution in [3.63, 3.8) is 0 Å². The number of ether oxygens (including phenoxy) is 1. The van der Waals surface area contributed by atoms with E-state index in [1.807, 2.05) is 6.07 Å². The zero-order chi connectivity index (χ0) is 9.84. The monoisotopic (exact) mass is 307 g/mol. The first-order chi connectivity index (χ1) is 6.09. The van der Waals surface area contributed by atoms with E-state index in [1.54, 1.807) is 6.20 Å². The van der Waals surface area contributed by atoms with Crippen LogP contribution in [0.4, 0.5) is 0 Å². The smallest absolute Gasteiger partial charge is 0.228 e. The third-order valence-corrected chi connectivity index (χ3v) is 2.33. The fraction of sp³-hybridized carbons (Fsp3) is 0.444. The Morgan fingerprint density at radius 1 is 1.46 bits per heavy atom. The Labute approximate surface area is 95.0 Å². The normalized spacial score (nSPS) is 10.5. The Hall–Kier alpha value is -0.0900. The Balaban J connectivity index is 2.67. The lowest BCUT2D eigenvalue weighted by atomic mass is 10.2. The van der Waals surface area contributed by atoms with Crippen molar-refractivity contribution in [3.05, 3.63) is 21.2 Å². The van der Waals surface area contributed by atoms with E-state index in [0.717, 1.165) is 8.95 Å². The van der Waals surface area contributed by atoms with E-state index in [0.29, 0.717) is 18.4 Å². The first kappa shape index (κ1) is 11.0. The fourth-order valence-electron chi connectivity index (χ4n) is 0.754. The van der Waals surface area contributed by atoms with Crippen LogP contribution in [0.2, 0.25) is 0 Å². The molecule has 13 heavy (non-hydrogen) atoms. The van der Waals surface area contributed by atoms with Gasteiger partial charge in [-0.15, -0.1) is 0 Å². The third-order valence-electron chi connectivity index (χ3n) is 1.33. The van der Waals surface area contributed by atoms with Crippen molar-refractivity contribution in [2.45, 2.75) is 13.8 Å². The van der Waals surface area contributed by atoms with Crippen LogP contribution in [-0.2, 0) is 0 Å². The molecule has 0 atom stereocenters. The second-order valence-corrected chi connectivity index (χ2v) is 4.92. The summed E-state index contributed by atoms with van der Waals surface area (Å²) in [6.07, 6.45) is 1.72. The van der Waals surface area contributed by atoms with Gasteiger partial charge in [-0.05, 0) is 43.8 Å². The van der Waals surface area contributed by atoms with Crippen LogP contribution in [0, 0.1) is 5.92 Å². The lowest BCUT2D eigenvalue weighted by Gasteiger charge is -2.08. The maximum atomic E-state index is 5.47. The van der Waals surface area contributed by atoms with Gasteiger partial charge in [-0.3, -0.25) is 0 Å². The fourth-order valence-corrected chi connectivity index (χ4v) is 1.86. The van der Waals surface area contributed by atoms with Gasteiger partial charge in [0.15, 0.2) is 0 Å². The zero-order valence-corrected chi connectivity index (χ0v) is 10.7. The number of pyridine rings is 1. The molecule has 0 aliphatic heterocycles. The van der Waals surface area contributed by atoms with Gasteiger partial charge in [0.25, 0.3) is 0 Å². The summed E-state index contributed by atoms with van der Waals surface area (Å²) >= 11 is 6.71. The Morgan fingerprint density at radius 3 is 2.69 bits per heavy atom. The SMILES string of the molecule is CC(C)COc1ncc(Br)cc1Br. The number of nitrogens with zero attached hydrogens (tertiary/aromatic N) is 1. The van der Waals surface area contributed by atoms with Crippen LogP contribution in [0.25, 0.3) is 0 Å². The summed E-state index contributed by atoms with van der Waals surface area (Å²) in [5.41, 5.74) is 0. The van der Waals surface area contributed by atoms with Gasteiger partial charge in [0.05, 0.1) is 11.1 Å². The number of halogens is 2. The Kier molecular flexibility index (Phi) is 4.19. The second kappa shape index (κ2) is 4.96. The summed E-state index contributed by atoms with van der Waals surface area (Å²) in [5, 5.41) is 0. The van der Waals surface area contributed by atoms with E-state index >= 15 is 0 Å². The van der Waals surface area contributed by atoms with Crippen LogP contribution < -0.4 is 4.74 Å². The van der Waals surface area contributed by atoms with E-state index in [-0.39, 0.29) is 0 Å². The standard InChI is InChI=1S/C9H11Br2NO/c1-6(2)5-13-9-8(11)3-7(10)4-12-9/h3-4,6H,5H2,1-2H3. The molecule has 0 radical (unpaired) electrons. The predicted octanol–water partition coefficient (Wildman–Crippen LogP) is 3.64. The molecule has 0 aliphatic rings. The third kappa shape index (κ3) is 3.65. The number of hydrogen-bond acceptors (Lipinski definition) is 2. The molecule has 1 rings (SSSR count). The van der Waals surface area contributed by atoms with Crippen molar-refractivity contribution in [2.75, 3.05) is 6.61 Å². The molecule has 0 N–H and O–H groups in total. The Bertz CT molecular complexity index is 289. The molecule has 72 valence electrons. The van der Waals surface area contributed by atoms with Crippen LogP contribution in [0.3, 0.4) is 0 Å². The molecule has 2 nitrogen and oxygen atoms in total. The van der Waals surface area contributed by atoms with Crippen LogP contribution in [0.1, 0.15) is 13.8 Å². The van der Waals surface area contributed by atoms with Crippen molar-refractivity contribution in [1.29, 1.82) is 0 Å². The molecule has 0 spiro atoms. The summed E-state index contributed by atoms with van der Waals surface area (Å²) in [4.78, 5) is 4.13. The number of aromatic nitrogens is 1. The van der Waals surface area contributed by atoms with Crippen molar-refractivity contribution in [3.8, 4) is 5.88 Å². The van der Waals surface area contributed by atoms with Gasteiger partial charge in [-0.1, -0.05) is 13.8 Å². The largest absolute Gasteiger partial charge is 0.477 e. The molecule has 0 fully saturated rings. The molecule has 4 heteroatoms. The van der Waals surface area contributed by atoms with Gasteiger partial charge >= 0.3 is 0 Å². The van der Waals surface area contributed by atoms with Crippen molar-refractivity contribution in [2.24, 2.45) is 5.92 Å². The molecule has 1 aromatic heterocycles. The van der Waals surface area contributed by atoms with Crippen LogP contribution >= 0.6 is 31.9 Å². The molecule has 0 bridgehead atoms. The molecule has 0 aromatic carbocycles. The average molecular weight is 309 g/mol. The van der Waals surface area contributed by atoms with Gasteiger partial charge in [0.1, 0.15) is 0 Å². The summed E-state index contributed by atoms with van der Waals surface area (Å²) in [7, 11) is 0. The number of rotatable bonds is 3. The minimum atomic E-state index is 0.511. The summed E-state index contributed by atoms with van der Waals surface area (Å²) in [5.74, 6) is 1.16. The highest BCUT2D eigenvalue weighted by Crippen LogP contribution is 2.25. The van der Waals surface area contributed by atoms with Crippen LogP contribution in [-0.4, -0.2) is 11.6 Å². The van der Waals surface area contributed by atoms with Gasteiger partial charge in [0.2, 0.25) is 5.88 Å². The van der Waals surface area contributed by atoms with Crippen molar-refractivity contribution < 1.29 is 4.74 Å². The average Bonchev–Trinajstić information content (AvgIpc) is 2.02. The van der Waals surface area contributed by atoms with Gasteiger partial charge < -0.3 is 4.74 Å². The van der Waals surface area contributed by atoms with Gasteiger partial charge in [0, 0.05) is 10.7 Å². The topological polar surface area (TPSA) is 22.1 Å². The van der Waals surface area contributed by atoms with Crippen molar-refractivity contribution >= 4 is 31.9 Å². The summed E-state index contributed by atoms with van der Waals surface area (Å²) in [6, 6.07) is 1.92. The lowest BCUT2D eigenvalue weighted by molar-refractivity contribution is 0.259.